The van der Waals surface area contributed by atoms with E-state index < -0.39 is 0 Å². The molecule has 3 heteroatoms. The summed E-state index contributed by atoms with van der Waals surface area (Å²) in [5.74, 6) is 1.38. The maximum absolute atomic E-state index is 5.71. The number of pyridine rings is 1. The highest BCUT2D eigenvalue weighted by Gasteiger charge is 2.15. The van der Waals surface area contributed by atoms with Crippen molar-refractivity contribution >= 4 is 5.82 Å². The van der Waals surface area contributed by atoms with Gasteiger partial charge in [-0.05, 0) is 56.5 Å². The molecule has 3 nitrogen and oxygen atoms in total. The molecule has 1 aliphatic heterocycles. The molecule has 14 heavy (non-hydrogen) atoms. The predicted molar refractivity (Wildman–Crippen MR) is 58.1 cm³/mol. The van der Waals surface area contributed by atoms with E-state index in [0.29, 0.717) is 5.82 Å². The van der Waals surface area contributed by atoms with Gasteiger partial charge in [0.15, 0.2) is 0 Å². The number of rotatable bonds is 2. The molecule has 3 N–H and O–H groups in total. The number of hydrogen-bond acceptors (Lipinski definition) is 3. The number of nitrogens with two attached hydrogens (primary N) is 1. The van der Waals surface area contributed by atoms with Crippen molar-refractivity contribution in [3.63, 3.8) is 0 Å². The van der Waals surface area contributed by atoms with E-state index in [4.69, 9.17) is 5.73 Å². The topological polar surface area (TPSA) is 50.9 Å². The van der Waals surface area contributed by atoms with Gasteiger partial charge in [0.05, 0.1) is 0 Å². The Morgan fingerprint density at radius 1 is 1.57 bits per heavy atom. The molecular weight excluding hydrogens is 174 g/mol. The first-order valence-electron chi connectivity index (χ1n) is 5.18. The van der Waals surface area contributed by atoms with E-state index in [1.165, 1.54) is 12.0 Å². The predicted octanol–water partition coefficient (Wildman–Crippen LogP) is 1.12. The van der Waals surface area contributed by atoms with Crippen molar-refractivity contribution in [3.05, 3.63) is 23.4 Å². The third-order valence-corrected chi connectivity index (χ3v) is 2.70. The van der Waals surface area contributed by atoms with Gasteiger partial charge in [-0.15, -0.1) is 0 Å². The smallest absolute Gasteiger partial charge is 0.123 e. The van der Waals surface area contributed by atoms with Crippen LogP contribution in [0.25, 0.3) is 0 Å². The highest BCUT2D eigenvalue weighted by molar-refractivity contribution is 5.34. The molecule has 0 radical (unpaired) electrons. The minimum absolute atomic E-state index is 0.644. The number of aromatic nitrogens is 1. The molecule has 1 atom stereocenters. The van der Waals surface area contributed by atoms with Crippen LogP contribution in [-0.2, 0) is 6.42 Å². The Hall–Kier alpha value is -1.09. The van der Waals surface area contributed by atoms with E-state index >= 15 is 0 Å². The molecule has 2 heterocycles. The van der Waals surface area contributed by atoms with Crippen LogP contribution in [0, 0.1) is 12.8 Å². The molecule has 1 aromatic heterocycles. The molecule has 1 saturated heterocycles. The van der Waals surface area contributed by atoms with E-state index in [1.54, 1.807) is 0 Å². The lowest BCUT2D eigenvalue weighted by atomic mass is 10.0. The molecule has 0 spiro atoms. The minimum atomic E-state index is 0.644. The second-order valence-corrected chi connectivity index (χ2v) is 4.12. The van der Waals surface area contributed by atoms with Gasteiger partial charge in [-0.2, -0.15) is 0 Å². The quantitative estimate of drug-likeness (QED) is 0.736. The third-order valence-electron chi connectivity index (χ3n) is 2.70. The normalized spacial score (nSPS) is 21.4. The van der Waals surface area contributed by atoms with Gasteiger partial charge < -0.3 is 11.1 Å². The summed E-state index contributed by atoms with van der Waals surface area (Å²) in [4.78, 5) is 4.35. The number of anilines is 1. The lowest BCUT2D eigenvalue weighted by molar-refractivity contribution is 0.572. The lowest BCUT2D eigenvalue weighted by Gasteiger charge is -2.08. The van der Waals surface area contributed by atoms with Gasteiger partial charge in [0, 0.05) is 5.69 Å². The van der Waals surface area contributed by atoms with Gasteiger partial charge in [0.2, 0.25) is 0 Å². The Labute approximate surface area is 84.7 Å². The summed E-state index contributed by atoms with van der Waals surface area (Å²) in [6, 6.07) is 4.05. The van der Waals surface area contributed by atoms with Crippen LogP contribution in [0.4, 0.5) is 5.82 Å². The van der Waals surface area contributed by atoms with E-state index in [9.17, 15) is 0 Å². The van der Waals surface area contributed by atoms with E-state index in [2.05, 4.69) is 23.3 Å². The highest BCUT2D eigenvalue weighted by Crippen LogP contribution is 2.15. The van der Waals surface area contributed by atoms with Gasteiger partial charge in [-0.1, -0.05) is 0 Å². The molecule has 0 unspecified atom stereocenters. The summed E-state index contributed by atoms with van der Waals surface area (Å²) >= 11 is 0. The van der Waals surface area contributed by atoms with Gasteiger partial charge in [-0.3, -0.25) is 0 Å². The molecule has 1 aromatic rings. The summed E-state index contributed by atoms with van der Waals surface area (Å²) in [5.41, 5.74) is 8.05. The molecular formula is C11H17N3. The molecule has 76 valence electrons. The largest absolute Gasteiger partial charge is 0.384 e. The summed E-state index contributed by atoms with van der Waals surface area (Å²) in [6.45, 7) is 4.33. The maximum atomic E-state index is 5.71. The van der Waals surface area contributed by atoms with E-state index in [-0.39, 0.29) is 0 Å². The number of nitrogens with one attached hydrogen (secondary N) is 1. The van der Waals surface area contributed by atoms with Gasteiger partial charge in [-0.25, -0.2) is 4.98 Å². The van der Waals surface area contributed by atoms with Gasteiger partial charge >= 0.3 is 0 Å². The number of nitrogens with zero attached hydrogens (tertiary/aromatic N) is 1. The van der Waals surface area contributed by atoms with Crippen molar-refractivity contribution in [2.75, 3.05) is 18.8 Å². The highest BCUT2D eigenvalue weighted by atomic mass is 14.9. The Balaban J connectivity index is 2.07. The van der Waals surface area contributed by atoms with Gasteiger partial charge in [0.1, 0.15) is 5.82 Å². The molecule has 1 aliphatic rings. The van der Waals surface area contributed by atoms with Crippen molar-refractivity contribution in [1.29, 1.82) is 0 Å². The number of hydrogen-bond donors (Lipinski definition) is 2. The molecule has 0 saturated carbocycles. The summed E-state index contributed by atoms with van der Waals surface area (Å²) < 4.78 is 0. The minimum Gasteiger partial charge on any atom is -0.384 e. The molecule has 2 rings (SSSR count). The first kappa shape index (κ1) is 9.46. The monoisotopic (exact) mass is 191 g/mol. The zero-order valence-corrected chi connectivity index (χ0v) is 8.59. The Bertz CT molecular complexity index is 296. The van der Waals surface area contributed by atoms with Crippen LogP contribution in [-0.4, -0.2) is 18.1 Å². The van der Waals surface area contributed by atoms with E-state index in [1.807, 2.05) is 6.07 Å². The Kier molecular flexibility index (Phi) is 2.68. The first-order valence-corrected chi connectivity index (χ1v) is 5.18. The molecule has 0 bridgehead atoms. The first-order chi connectivity index (χ1) is 6.74. The SMILES string of the molecule is Cc1cc(N)nc(C[C@@H]2CCNC2)c1. The summed E-state index contributed by atoms with van der Waals surface area (Å²) in [6.07, 6.45) is 2.31. The standard InChI is InChI=1S/C11H17N3/c1-8-4-10(14-11(12)5-8)6-9-2-3-13-7-9/h4-5,9,13H,2-3,6-7H2,1H3,(H2,12,14)/t9-/m0/s1. The van der Waals surface area contributed by atoms with Crippen LogP contribution >= 0.6 is 0 Å². The van der Waals surface area contributed by atoms with Crippen molar-refractivity contribution in [1.82, 2.24) is 10.3 Å². The summed E-state index contributed by atoms with van der Waals surface area (Å²) in [5, 5.41) is 3.36. The second-order valence-electron chi connectivity index (χ2n) is 4.12. The Morgan fingerprint density at radius 2 is 2.43 bits per heavy atom. The van der Waals surface area contributed by atoms with Crippen molar-refractivity contribution in [2.24, 2.45) is 5.92 Å². The van der Waals surface area contributed by atoms with Crippen LogP contribution in [0.15, 0.2) is 12.1 Å². The fourth-order valence-corrected chi connectivity index (χ4v) is 2.06. The maximum Gasteiger partial charge on any atom is 0.123 e. The van der Waals surface area contributed by atoms with E-state index in [0.717, 1.165) is 31.1 Å². The zero-order chi connectivity index (χ0) is 9.97. The van der Waals surface area contributed by atoms with Crippen LogP contribution < -0.4 is 11.1 Å². The molecule has 0 amide bonds. The lowest BCUT2D eigenvalue weighted by Crippen LogP contribution is -2.11. The number of aryl methyl sites for hydroxylation is 1. The van der Waals surface area contributed by atoms with Gasteiger partial charge in [0.25, 0.3) is 0 Å². The number of nitrogen functional groups attached to an aromatic ring is 1. The van der Waals surface area contributed by atoms with Crippen LogP contribution in [0.3, 0.4) is 0 Å². The average Bonchev–Trinajstić information content (AvgIpc) is 2.54. The van der Waals surface area contributed by atoms with Crippen LogP contribution in [0.2, 0.25) is 0 Å². The van der Waals surface area contributed by atoms with Crippen molar-refractivity contribution in [3.8, 4) is 0 Å². The van der Waals surface area contributed by atoms with Crippen molar-refractivity contribution < 1.29 is 0 Å². The van der Waals surface area contributed by atoms with Crippen molar-refractivity contribution in [2.45, 2.75) is 19.8 Å². The third kappa shape index (κ3) is 2.23. The molecule has 1 fully saturated rings. The Morgan fingerprint density at radius 3 is 3.07 bits per heavy atom. The van der Waals surface area contributed by atoms with Crippen LogP contribution in [0.1, 0.15) is 17.7 Å². The molecule has 0 aliphatic carbocycles. The molecule has 0 aromatic carbocycles. The zero-order valence-electron chi connectivity index (χ0n) is 8.59. The fourth-order valence-electron chi connectivity index (χ4n) is 2.06. The second kappa shape index (κ2) is 3.96. The van der Waals surface area contributed by atoms with Crippen LogP contribution in [0.5, 0.6) is 0 Å². The average molecular weight is 191 g/mol. The summed E-state index contributed by atoms with van der Waals surface area (Å²) in [7, 11) is 0. The fraction of sp³-hybridized carbons (Fsp3) is 0.545.